The van der Waals surface area contributed by atoms with E-state index in [2.05, 4.69) is 10.1 Å². The van der Waals surface area contributed by atoms with Crippen LogP contribution in [0.3, 0.4) is 0 Å². The normalized spacial score (nSPS) is 11.5. The predicted molar refractivity (Wildman–Crippen MR) is 106 cm³/mol. The van der Waals surface area contributed by atoms with E-state index in [4.69, 9.17) is 4.74 Å². The molecule has 0 amide bonds. The van der Waals surface area contributed by atoms with Gasteiger partial charge in [0, 0.05) is 37.2 Å². The van der Waals surface area contributed by atoms with E-state index in [0.29, 0.717) is 11.3 Å². The molecule has 3 rings (SSSR count). The highest BCUT2D eigenvalue weighted by Gasteiger charge is 2.31. The minimum Gasteiger partial charge on any atom is -0.465 e. The molecule has 0 unspecified atom stereocenters. The van der Waals surface area contributed by atoms with E-state index in [-0.39, 0.29) is 30.8 Å². The predicted octanol–water partition coefficient (Wildman–Crippen LogP) is 2.93. The number of alkyl halides is 2. The van der Waals surface area contributed by atoms with Crippen molar-refractivity contribution in [1.82, 2.24) is 19.3 Å². The third-order valence-corrected chi connectivity index (χ3v) is 4.59. The molecular formula is C21H22F2N4O3. The van der Waals surface area contributed by atoms with Gasteiger partial charge in [-0.2, -0.15) is 5.10 Å². The lowest BCUT2D eigenvalue weighted by molar-refractivity contribution is -0.143. The van der Waals surface area contributed by atoms with Crippen molar-refractivity contribution in [3.8, 4) is 11.3 Å². The van der Waals surface area contributed by atoms with Crippen LogP contribution in [-0.2, 0) is 35.5 Å². The van der Waals surface area contributed by atoms with E-state index in [1.165, 1.54) is 41.2 Å². The number of aromatic nitrogens is 4. The first-order chi connectivity index (χ1) is 14.3. The molecule has 3 aromatic rings. The lowest BCUT2D eigenvalue weighted by atomic mass is 10.0. The molecule has 0 N–H and O–H groups in total. The highest BCUT2D eigenvalue weighted by molar-refractivity contribution is 5.70. The minimum absolute atomic E-state index is 0.0393. The highest BCUT2D eigenvalue weighted by atomic mass is 19.3. The quantitative estimate of drug-likeness (QED) is 0.528. The number of halogens is 2. The molecule has 0 saturated heterocycles. The number of benzene rings is 1. The Morgan fingerprint density at radius 2 is 1.93 bits per heavy atom. The van der Waals surface area contributed by atoms with E-state index in [0.717, 1.165) is 0 Å². The molecule has 0 aliphatic carbocycles. The highest BCUT2D eigenvalue weighted by Crippen LogP contribution is 2.32. The van der Waals surface area contributed by atoms with E-state index in [1.54, 1.807) is 30.9 Å². The maximum Gasteiger partial charge on any atom is 0.326 e. The summed E-state index contributed by atoms with van der Waals surface area (Å²) in [5.41, 5.74) is 0.173. The number of rotatable bonds is 8. The van der Waals surface area contributed by atoms with E-state index in [9.17, 15) is 18.4 Å². The van der Waals surface area contributed by atoms with Crippen LogP contribution in [0.15, 0.2) is 53.7 Å². The summed E-state index contributed by atoms with van der Waals surface area (Å²) < 4.78 is 36.7. The molecule has 0 spiro atoms. The molecule has 0 aliphatic rings. The second-order valence-corrected chi connectivity index (χ2v) is 6.76. The summed E-state index contributed by atoms with van der Waals surface area (Å²) in [6.07, 6.45) is 3.78. The Bertz CT molecular complexity index is 1080. The average Bonchev–Trinajstić information content (AvgIpc) is 3.15. The third kappa shape index (κ3) is 4.79. The molecule has 0 atom stereocenters. The second kappa shape index (κ2) is 8.98. The fraction of sp³-hybridized carbons (Fsp3) is 0.333. The van der Waals surface area contributed by atoms with Crippen LogP contribution in [-0.4, -0.2) is 31.9 Å². The smallest absolute Gasteiger partial charge is 0.326 e. The molecule has 158 valence electrons. The van der Waals surface area contributed by atoms with Crippen LogP contribution in [0.4, 0.5) is 8.78 Å². The summed E-state index contributed by atoms with van der Waals surface area (Å²) in [6.45, 7) is 1.48. The summed E-state index contributed by atoms with van der Waals surface area (Å²) in [7, 11) is 1.71. The fourth-order valence-corrected chi connectivity index (χ4v) is 3.08. The molecule has 0 saturated carbocycles. The molecule has 0 bridgehead atoms. The Morgan fingerprint density at radius 3 is 2.57 bits per heavy atom. The van der Waals surface area contributed by atoms with Gasteiger partial charge >= 0.3 is 5.97 Å². The van der Waals surface area contributed by atoms with Crippen LogP contribution in [0.2, 0.25) is 0 Å². The standard InChI is InChI=1S/C21H22F2N4O3/c1-3-30-19(28)14-27-18(15-11-25-26(2)13-15)12-24-17(20(27)29)9-10-21(22,23)16-7-5-4-6-8-16/h4-8,11-13H,3,9-10,14H2,1-2H3. The number of carbonyl (C=O) groups excluding carboxylic acids is 1. The van der Waals surface area contributed by atoms with Crippen molar-refractivity contribution in [2.45, 2.75) is 32.2 Å². The van der Waals surface area contributed by atoms with Gasteiger partial charge in [-0.05, 0) is 6.92 Å². The van der Waals surface area contributed by atoms with Crippen molar-refractivity contribution < 1.29 is 18.3 Å². The largest absolute Gasteiger partial charge is 0.465 e. The Hall–Kier alpha value is -3.36. The van der Waals surface area contributed by atoms with Crippen LogP contribution in [0, 0.1) is 0 Å². The number of ether oxygens (including phenoxy) is 1. The van der Waals surface area contributed by atoms with Gasteiger partial charge in [0.2, 0.25) is 0 Å². The van der Waals surface area contributed by atoms with Crippen molar-refractivity contribution in [3.63, 3.8) is 0 Å². The first kappa shape index (κ1) is 21.4. The van der Waals surface area contributed by atoms with Crippen molar-refractivity contribution in [3.05, 3.63) is 70.5 Å². The number of nitrogens with zero attached hydrogens (tertiary/aromatic N) is 4. The number of carbonyl (C=O) groups is 1. The topological polar surface area (TPSA) is 79.0 Å². The summed E-state index contributed by atoms with van der Waals surface area (Å²) in [5.74, 6) is -3.71. The van der Waals surface area contributed by atoms with Crippen molar-refractivity contribution in [2.75, 3.05) is 6.61 Å². The van der Waals surface area contributed by atoms with Gasteiger partial charge in [0.1, 0.15) is 12.2 Å². The Kier molecular flexibility index (Phi) is 6.39. The number of esters is 1. The second-order valence-electron chi connectivity index (χ2n) is 6.76. The van der Waals surface area contributed by atoms with Crippen molar-refractivity contribution >= 4 is 5.97 Å². The molecule has 0 radical (unpaired) electrons. The van der Waals surface area contributed by atoms with Crippen LogP contribution < -0.4 is 5.56 Å². The van der Waals surface area contributed by atoms with Gasteiger partial charge in [-0.1, -0.05) is 30.3 Å². The summed E-state index contributed by atoms with van der Waals surface area (Å²) >= 11 is 0. The molecular weight excluding hydrogens is 394 g/mol. The zero-order chi connectivity index (χ0) is 21.7. The maximum absolute atomic E-state index is 14.5. The van der Waals surface area contributed by atoms with Crippen molar-refractivity contribution in [1.29, 1.82) is 0 Å². The van der Waals surface area contributed by atoms with Crippen molar-refractivity contribution in [2.24, 2.45) is 7.05 Å². The van der Waals surface area contributed by atoms with Gasteiger partial charge in [0.25, 0.3) is 11.5 Å². The molecule has 2 aromatic heterocycles. The molecule has 7 nitrogen and oxygen atoms in total. The monoisotopic (exact) mass is 416 g/mol. The molecule has 2 heterocycles. The lowest BCUT2D eigenvalue weighted by Crippen LogP contribution is -2.31. The van der Waals surface area contributed by atoms with Crippen LogP contribution >= 0.6 is 0 Å². The van der Waals surface area contributed by atoms with Crippen LogP contribution in [0.25, 0.3) is 11.3 Å². The Labute approximate surface area is 171 Å². The summed E-state index contributed by atoms with van der Waals surface area (Å²) in [6, 6.07) is 7.43. The van der Waals surface area contributed by atoms with E-state index in [1.807, 2.05) is 0 Å². The molecule has 9 heteroatoms. The van der Waals surface area contributed by atoms with Gasteiger partial charge in [0.15, 0.2) is 0 Å². The lowest BCUT2D eigenvalue weighted by Gasteiger charge is -2.17. The molecule has 0 fully saturated rings. The Balaban J connectivity index is 1.92. The zero-order valence-electron chi connectivity index (χ0n) is 16.7. The van der Waals surface area contributed by atoms with E-state index < -0.39 is 23.9 Å². The molecule has 0 aliphatic heterocycles. The molecule has 30 heavy (non-hydrogen) atoms. The van der Waals surface area contributed by atoms with Crippen LogP contribution in [0.5, 0.6) is 0 Å². The molecule has 1 aromatic carbocycles. The Morgan fingerprint density at radius 1 is 1.20 bits per heavy atom. The van der Waals surface area contributed by atoms with Gasteiger partial charge in [-0.25, -0.2) is 8.78 Å². The van der Waals surface area contributed by atoms with Gasteiger partial charge in [0.05, 0.1) is 24.7 Å². The number of hydrogen-bond donors (Lipinski definition) is 0. The zero-order valence-corrected chi connectivity index (χ0v) is 16.7. The minimum atomic E-state index is -3.11. The first-order valence-electron chi connectivity index (χ1n) is 9.48. The summed E-state index contributed by atoms with van der Waals surface area (Å²) in [4.78, 5) is 29.1. The fourth-order valence-electron chi connectivity index (χ4n) is 3.08. The number of hydrogen-bond acceptors (Lipinski definition) is 5. The van der Waals surface area contributed by atoms with E-state index >= 15 is 0 Å². The maximum atomic E-state index is 14.5. The first-order valence-corrected chi connectivity index (χ1v) is 9.48. The number of aryl methyl sites for hydroxylation is 2. The van der Waals surface area contributed by atoms with Gasteiger partial charge in [-0.3, -0.25) is 23.8 Å². The third-order valence-electron chi connectivity index (χ3n) is 4.59. The SMILES string of the molecule is CCOC(=O)Cn1c(-c2cnn(C)c2)cnc(CCC(F)(F)c2ccccc2)c1=O. The van der Waals surface area contributed by atoms with Gasteiger partial charge < -0.3 is 4.74 Å². The average molecular weight is 416 g/mol. The van der Waals surface area contributed by atoms with Gasteiger partial charge in [-0.15, -0.1) is 0 Å². The van der Waals surface area contributed by atoms with Crippen LogP contribution in [0.1, 0.15) is 24.6 Å². The summed E-state index contributed by atoms with van der Waals surface area (Å²) in [5, 5.41) is 4.06.